The van der Waals surface area contributed by atoms with E-state index in [0.717, 1.165) is 18.1 Å². The molecule has 94 valence electrons. The van der Waals surface area contributed by atoms with Gasteiger partial charge in [-0.3, -0.25) is 0 Å². The van der Waals surface area contributed by atoms with Crippen LogP contribution in [-0.2, 0) is 0 Å². The molecular weight excluding hydrogens is 334 g/mol. The summed E-state index contributed by atoms with van der Waals surface area (Å²) in [6.07, 6.45) is 1.44. The summed E-state index contributed by atoms with van der Waals surface area (Å²) in [4.78, 5) is 9.26. The summed E-state index contributed by atoms with van der Waals surface area (Å²) >= 11 is 11.0. The molecule has 2 aromatic rings. The van der Waals surface area contributed by atoms with E-state index >= 15 is 0 Å². The smallest absolute Gasteiger partial charge is 0.148 e. The number of benzene rings is 1. The van der Waals surface area contributed by atoms with Crippen LogP contribution >= 0.6 is 39.3 Å². The van der Waals surface area contributed by atoms with Crippen LogP contribution in [0.4, 0.5) is 5.82 Å². The number of nitrogens with one attached hydrogen (secondary N) is 1. The first-order chi connectivity index (χ1) is 8.77. The van der Waals surface area contributed by atoms with Gasteiger partial charge in [0.25, 0.3) is 0 Å². The molecule has 0 fully saturated rings. The van der Waals surface area contributed by atoms with Crippen molar-refractivity contribution in [3.05, 3.63) is 46.3 Å². The minimum absolute atomic E-state index is 0.420. The van der Waals surface area contributed by atoms with E-state index in [1.54, 1.807) is 11.8 Å². The second-order valence-electron chi connectivity index (χ2n) is 3.42. The molecule has 0 saturated heterocycles. The van der Waals surface area contributed by atoms with E-state index in [1.165, 1.54) is 11.2 Å². The lowest BCUT2D eigenvalue weighted by Crippen LogP contribution is -2.06. The number of anilines is 1. The van der Waals surface area contributed by atoms with Gasteiger partial charge >= 0.3 is 0 Å². The standard InChI is InChI=1S/C12H11BrClN3S/c13-10-11(14)16-8-17-12(10)15-6-7-18-9-4-2-1-3-5-9/h1-5,8H,6-7H2,(H,15,16,17). The number of aromatic nitrogens is 2. The molecule has 2 rings (SSSR count). The Hall–Kier alpha value is -0.780. The second kappa shape index (κ2) is 6.97. The fourth-order valence-corrected chi connectivity index (χ4v) is 2.59. The van der Waals surface area contributed by atoms with Gasteiger partial charge in [0.05, 0.1) is 4.47 Å². The Kier molecular flexibility index (Phi) is 5.28. The highest BCUT2D eigenvalue weighted by Crippen LogP contribution is 2.26. The SMILES string of the molecule is Clc1ncnc(NCCSc2ccccc2)c1Br. The molecule has 0 bridgehead atoms. The zero-order chi connectivity index (χ0) is 12.8. The van der Waals surface area contributed by atoms with Gasteiger partial charge in [0.15, 0.2) is 0 Å². The monoisotopic (exact) mass is 343 g/mol. The summed E-state index contributed by atoms with van der Waals surface area (Å²) in [6.45, 7) is 0.811. The summed E-state index contributed by atoms with van der Waals surface area (Å²) in [5.74, 6) is 1.68. The Morgan fingerprint density at radius 2 is 2.00 bits per heavy atom. The summed E-state index contributed by atoms with van der Waals surface area (Å²) in [6, 6.07) is 10.3. The van der Waals surface area contributed by atoms with E-state index < -0.39 is 0 Å². The molecule has 1 heterocycles. The van der Waals surface area contributed by atoms with Crippen LogP contribution in [0.2, 0.25) is 5.15 Å². The summed E-state index contributed by atoms with van der Waals surface area (Å²) in [7, 11) is 0. The highest BCUT2D eigenvalue weighted by atomic mass is 79.9. The molecule has 1 aromatic heterocycles. The van der Waals surface area contributed by atoms with Gasteiger partial charge in [-0.1, -0.05) is 29.8 Å². The zero-order valence-corrected chi connectivity index (χ0v) is 12.6. The maximum atomic E-state index is 5.88. The van der Waals surface area contributed by atoms with E-state index in [4.69, 9.17) is 11.6 Å². The van der Waals surface area contributed by atoms with Crippen LogP contribution in [0.3, 0.4) is 0 Å². The average Bonchev–Trinajstić information content (AvgIpc) is 2.40. The molecule has 0 aliphatic rings. The Morgan fingerprint density at radius 1 is 1.22 bits per heavy atom. The molecule has 1 N–H and O–H groups in total. The summed E-state index contributed by atoms with van der Waals surface area (Å²) in [5, 5.41) is 3.64. The first-order valence-corrected chi connectivity index (χ1v) is 7.51. The van der Waals surface area contributed by atoms with Crippen molar-refractivity contribution in [2.24, 2.45) is 0 Å². The summed E-state index contributed by atoms with van der Waals surface area (Å²) in [5.41, 5.74) is 0. The number of hydrogen-bond acceptors (Lipinski definition) is 4. The normalized spacial score (nSPS) is 10.3. The largest absolute Gasteiger partial charge is 0.368 e. The van der Waals surface area contributed by atoms with Crippen molar-refractivity contribution in [1.82, 2.24) is 9.97 Å². The molecule has 1 aromatic carbocycles. The van der Waals surface area contributed by atoms with Crippen molar-refractivity contribution >= 4 is 45.1 Å². The van der Waals surface area contributed by atoms with Crippen LogP contribution in [0.1, 0.15) is 0 Å². The first-order valence-electron chi connectivity index (χ1n) is 5.35. The van der Waals surface area contributed by atoms with E-state index in [-0.39, 0.29) is 0 Å². The number of rotatable bonds is 5. The number of nitrogens with zero attached hydrogens (tertiary/aromatic N) is 2. The minimum Gasteiger partial charge on any atom is -0.368 e. The molecule has 0 unspecified atom stereocenters. The van der Waals surface area contributed by atoms with Gasteiger partial charge in [-0.25, -0.2) is 9.97 Å². The van der Waals surface area contributed by atoms with Gasteiger partial charge in [0, 0.05) is 17.2 Å². The van der Waals surface area contributed by atoms with Crippen LogP contribution in [0.25, 0.3) is 0 Å². The third kappa shape index (κ3) is 3.86. The molecule has 0 aliphatic heterocycles. The maximum absolute atomic E-state index is 5.88. The van der Waals surface area contributed by atoms with Gasteiger partial charge < -0.3 is 5.32 Å². The Balaban J connectivity index is 1.81. The molecule has 0 atom stereocenters. The Bertz CT molecular complexity index is 510. The van der Waals surface area contributed by atoms with Crippen molar-refractivity contribution in [1.29, 1.82) is 0 Å². The highest BCUT2D eigenvalue weighted by molar-refractivity contribution is 9.10. The fraction of sp³-hybridized carbons (Fsp3) is 0.167. The molecule has 0 radical (unpaired) electrons. The van der Waals surface area contributed by atoms with Gasteiger partial charge in [0.1, 0.15) is 17.3 Å². The maximum Gasteiger partial charge on any atom is 0.148 e. The molecular formula is C12H11BrClN3S. The van der Waals surface area contributed by atoms with Crippen molar-refractivity contribution in [3.63, 3.8) is 0 Å². The molecule has 0 amide bonds. The molecule has 3 nitrogen and oxygen atoms in total. The van der Waals surface area contributed by atoms with Gasteiger partial charge in [-0.15, -0.1) is 11.8 Å². The topological polar surface area (TPSA) is 37.8 Å². The van der Waals surface area contributed by atoms with Crippen LogP contribution in [0, 0.1) is 0 Å². The molecule has 18 heavy (non-hydrogen) atoms. The van der Waals surface area contributed by atoms with Crippen LogP contribution in [-0.4, -0.2) is 22.3 Å². The van der Waals surface area contributed by atoms with Crippen LogP contribution in [0.15, 0.2) is 46.0 Å². The molecule has 0 saturated carbocycles. The van der Waals surface area contributed by atoms with E-state index in [0.29, 0.717) is 9.63 Å². The van der Waals surface area contributed by atoms with Crippen molar-refractivity contribution in [2.75, 3.05) is 17.6 Å². The predicted octanol–water partition coefficient (Wildman–Crippen LogP) is 4.10. The number of halogens is 2. The van der Waals surface area contributed by atoms with Gasteiger partial charge in [0.2, 0.25) is 0 Å². The lowest BCUT2D eigenvalue weighted by molar-refractivity contribution is 1.10. The zero-order valence-electron chi connectivity index (χ0n) is 9.44. The second-order valence-corrected chi connectivity index (χ2v) is 5.73. The van der Waals surface area contributed by atoms with Crippen molar-refractivity contribution < 1.29 is 0 Å². The highest BCUT2D eigenvalue weighted by Gasteiger charge is 2.05. The third-order valence-corrected chi connectivity index (χ3v) is 4.43. The van der Waals surface area contributed by atoms with E-state index in [2.05, 4.69) is 43.3 Å². The number of thioether (sulfide) groups is 1. The minimum atomic E-state index is 0.420. The van der Waals surface area contributed by atoms with Crippen molar-refractivity contribution in [3.8, 4) is 0 Å². The lowest BCUT2D eigenvalue weighted by atomic mass is 10.4. The van der Waals surface area contributed by atoms with Crippen LogP contribution < -0.4 is 5.32 Å². The van der Waals surface area contributed by atoms with Crippen molar-refractivity contribution in [2.45, 2.75) is 4.90 Å². The Labute approximate surface area is 124 Å². The van der Waals surface area contributed by atoms with Crippen LogP contribution in [0.5, 0.6) is 0 Å². The van der Waals surface area contributed by atoms with Gasteiger partial charge in [-0.05, 0) is 28.1 Å². The quantitative estimate of drug-likeness (QED) is 0.503. The predicted molar refractivity (Wildman–Crippen MR) is 80.4 cm³/mol. The lowest BCUT2D eigenvalue weighted by Gasteiger charge is -2.07. The fourth-order valence-electron chi connectivity index (χ4n) is 1.33. The first kappa shape index (κ1) is 13.6. The average molecular weight is 345 g/mol. The molecule has 0 spiro atoms. The number of hydrogen-bond donors (Lipinski definition) is 1. The third-order valence-electron chi connectivity index (χ3n) is 2.15. The van der Waals surface area contributed by atoms with Gasteiger partial charge in [-0.2, -0.15) is 0 Å². The summed E-state index contributed by atoms with van der Waals surface area (Å²) < 4.78 is 0.705. The van der Waals surface area contributed by atoms with E-state index in [9.17, 15) is 0 Å². The molecule has 0 aliphatic carbocycles. The molecule has 6 heteroatoms. The Morgan fingerprint density at radius 3 is 2.78 bits per heavy atom. The van der Waals surface area contributed by atoms with E-state index in [1.807, 2.05) is 18.2 Å².